The molecule has 3 rings (SSSR count). The number of amides is 3. The molecule has 10 nitrogen and oxygen atoms in total. The lowest BCUT2D eigenvalue weighted by Crippen LogP contribution is -2.54. The lowest BCUT2D eigenvalue weighted by molar-refractivity contribution is -0.137. The molecule has 3 amide bonds. The Morgan fingerprint density at radius 1 is 1.12 bits per heavy atom. The van der Waals surface area contributed by atoms with Crippen LogP contribution in [-0.4, -0.2) is 47.0 Å². The van der Waals surface area contributed by atoms with Gasteiger partial charge >= 0.3 is 11.8 Å². The van der Waals surface area contributed by atoms with Crippen LogP contribution in [0.25, 0.3) is 11.3 Å². The number of phenols is 1. The fourth-order valence-corrected chi connectivity index (χ4v) is 2.97. The molecule has 0 aliphatic heterocycles. The van der Waals surface area contributed by atoms with Crippen LogP contribution in [0.5, 0.6) is 11.5 Å². The van der Waals surface area contributed by atoms with Crippen molar-refractivity contribution < 1.29 is 28.6 Å². The number of nitrogens with zero attached hydrogens (tertiary/aromatic N) is 1. The quantitative estimate of drug-likeness (QED) is 0.403. The third-order valence-corrected chi connectivity index (χ3v) is 4.61. The molecule has 10 heteroatoms. The zero-order valence-electron chi connectivity index (χ0n) is 18.3. The van der Waals surface area contributed by atoms with Gasteiger partial charge in [0.05, 0.1) is 24.4 Å². The summed E-state index contributed by atoms with van der Waals surface area (Å²) in [6.07, 6.45) is 2.83. The summed E-state index contributed by atoms with van der Waals surface area (Å²) in [6, 6.07) is 10.7. The monoisotopic (exact) mass is 452 g/mol. The van der Waals surface area contributed by atoms with Crippen molar-refractivity contribution in [1.82, 2.24) is 15.6 Å². The van der Waals surface area contributed by atoms with E-state index in [2.05, 4.69) is 20.9 Å². The fraction of sp³-hybridized carbons (Fsp3) is 0.217. The first-order chi connectivity index (χ1) is 15.7. The summed E-state index contributed by atoms with van der Waals surface area (Å²) in [5.41, 5.74) is 0.346. The Kier molecular flexibility index (Phi) is 6.97. The molecular weight excluding hydrogens is 428 g/mol. The first-order valence-corrected chi connectivity index (χ1v) is 9.96. The smallest absolute Gasteiger partial charge is 0.313 e. The number of aromatic nitrogens is 1. The second kappa shape index (κ2) is 9.86. The Balaban J connectivity index is 1.58. The van der Waals surface area contributed by atoms with Crippen LogP contribution in [-0.2, 0) is 9.59 Å². The Morgan fingerprint density at radius 3 is 2.58 bits per heavy atom. The Morgan fingerprint density at radius 2 is 1.91 bits per heavy atom. The van der Waals surface area contributed by atoms with Crippen molar-refractivity contribution in [3.63, 3.8) is 0 Å². The first kappa shape index (κ1) is 23.3. The molecule has 4 N–H and O–H groups in total. The number of anilines is 1. The van der Waals surface area contributed by atoms with Crippen LogP contribution in [0.15, 0.2) is 59.5 Å². The molecule has 1 heterocycles. The van der Waals surface area contributed by atoms with Gasteiger partial charge in [-0.2, -0.15) is 0 Å². The Bertz CT molecular complexity index is 1160. The van der Waals surface area contributed by atoms with E-state index in [4.69, 9.17) is 9.15 Å². The number of methoxy groups -OCH3 is 1. The second-order valence-corrected chi connectivity index (χ2v) is 7.81. The second-order valence-electron chi connectivity index (χ2n) is 7.81. The van der Waals surface area contributed by atoms with Crippen LogP contribution in [0.1, 0.15) is 24.2 Å². The van der Waals surface area contributed by atoms with Crippen molar-refractivity contribution in [3.8, 4) is 22.8 Å². The van der Waals surface area contributed by atoms with Crippen LogP contribution >= 0.6 is 0 Å². The van der Waals surface area contributed by atoms with Gasteiger partial charge in [0, 0.05) is 23.9 Å². The van der Waals surface area contributed by atoms with Crippen molar-refractivity contribution in [3.05, 3.63) is 60.6 Å². The molecule has 0 aliphatic carbocycles. The van der Waals surface area contributed by atoms with E-state index in [9.17, 15) is 19.5 Å². The number of carbonyl (C=O) groups excluding carboxylic acids is 3. The van der Waals surface area contributed by atoms with E-state index >= 15 is 0 Å². The largest absolute Gasteiger partial charge is 0.508 e. The predicted molar refractivity (Wildman–Crippen MR) is 120 cm³/mol. The van der Waals surface area contributed by atoms with E-state index in [0.717, 1.165) is 0 Å². The van der Waals surface area contributed by atoms with E-state index < -0.39 is 23.3 Å². The molecule has 0 unspecified atom stereocenters. The summed E-state index contributed by atoms with van der Waals surface area (Å²) in [6.45, 7) is 3.38. The zero-order chi connectivity index (χ0) is 24.0. The highest BCUT2D eigenvalue weighted by molar-refractivity contribution is 6.39. The molecule has 0 saturated heterocycles. The molecule has 1 aromatic heterocycles. The van der Waals surface area contributed by atoms with Crippen LogP contribution in [0, 0.1) is 0 Å². The molecule has 0 saturated carbocycles. The lowest BCUT2D eigenvalue weighted by atomic mass is 10.1. The van der Waals surface area contributed by atoms with Crippen molar-refractivity contribution >= 4 is 23.4 Å². The normalized spacial score (nSPS) is 10.9. The van der Waals surface area contributed by atoms with E-state index in [-0.39, 0.29) is 17.9 Å². The zero-order valence-corrected chi connectivity index (χ0v) is 18.3. The van der Waals surface area contributed by atoms with Crippen molar-refractivity contribution in [1.29, 1.82) is 0 Å². The molecule has 0 atom stereocenters. The van der Waals surface area contributed by atoms with Gasteiger partial charge in [0.15, 0.2) is 12.2 Å². The maximum Gasteiger partial charge on any atom is 0.313 e. The number of ether oxygens (including phenoxy) is 1. The minimum Gasteiger partial charge on any atom is -0.508 e. The number of carbonyl (C=O) groups is 3. The molecule has 0 fully saturated rings. The number of phenolic OH excluding ortho intramolecular Hbond substituents is 1. The highest BCUT2D eigenvalue weighted by Gasteiger charge is 2.25. The highest BCUT2D eigenvalue weighted by atomic mass is 16.5. The van der Waals surface area contributed by atoms with Gasteiger partial charge in [-0.3, -0.25) is 14.4 Å². The molecule has 0 radical (unpaired) electrons. The molecule has 2 aromatic carbocycles. The van der Waals surface area contributed by atoms with Crippen LogP contribution < -0.4 is 20.7 Å². The lowest BCUT2D eigenvalue weighted by Gasteiger charge is -2.26. The van der Waals surface area contributed by atoms with Crippen LogP contribution in [0.4, 0.5) is 5.69 Å². The molecule has 3 aromatic rings. The maximum atomic E-state index is 12.4. The summed E-state index contributed by atoms with van der Waals surface area (Å²) in [5, 5.41) is 17.3. The molecule has 172 valence electrons. The van der Waals surface area contributed by atoms with Gasteiger partial charge in [0.1, 0.15) is 11.5 Å². The van der Waals surface area contributed by atoms with Gasteiger partial charge < -0.3 is 30.2 Å². The van der Waals surface area contributed by atoms with Gasteiger partial charge in [-0.25, -0.2) is 4.98 Å². The van der Waals surface area contributed by atoms with Crippen molar-refractivity contribution in [2.75, 3.05) is 19.0 Å². The summed E-state index contributed by atoms with van der Waals surface area (Å²) in [4.78, 5) is 40.9. The van der Waals surface area contributed by atoms with E-state index in [0.29, 0.717) is 22.8 Å². The van der Waals surface area contributed by atoms with E-state index in [1.54, 1.807) is 44.2 Å². The fourth-order valence-electron chi connectivity index (χ4n) is 2.97. The molecule has 0 aliphatic rings. The minimum atomic E-state index is -0.922. The Hall–Kier alpha value is -4.34. The number of nitrogens with one attached hydrogen (secondary N) is 3. The van der Waals surface area contributed by atoms with Gasteiger partial charge in [-0.15, -0.1) is 0 Å². The third-order valence-electron chi connectivity index (χ3n) is 4.61. The van der Waals surface area contributed by atoms with Gasteiger partial charge in [0.2, 0.25) is 0 Å². The average Bonchev–Trinajstić information content (AvgIpc) is 3.31. The highest BCUT2D eigenvalue weighted by Crippen LogP contribution is 2.32. The van der Waals surface area contributed by atoms with Gasteiger partial charge in [-0.05, 0) is 44.2 Å². The number of aromatic hydroxyl groups is 1. The molecule has 0 bridgehead atoms. The maximum absolute atomic E-state index is 12.4. The summed E-state index contributed by atoms with van der Waals surface area (Å²) in [5.74, 6) is -1.27. The van der Waals surface area contributed by atoms with E-state index in [1.807, 2.05) is 0 Å². The van der Waals surface area contributed by atoms with Crippen molar-refractivity contribution in [2.45, 2.75) is 19.4 Å². The number of oxazole rings is 1. The average molecular weight is 452 g/mol. The Labute approximate surface area is 190 Å². The number of rotatable bonds is 7. The molecular formula is C23H24N4O6. The van der Waals surface area contributed by atoms with Gasteiger partial charge in [0.25, 0.3) is 5.91 Å². The SMILES string of the molecule is COc1cc(NC(=O)C(=O)NC(C)(C)CNC(=O)c2cccc(O)c2)ccc1-c1cnco1. The van der Waals surface area contributed by atoms with Crippen LogP contribution in [0.3, 0.4) is 0 Å². The van der Waals surface area contributed by atoms with Crippen LogP contribution in [0.2, 0.25) is 0 Å². The first-order valence-electron chi connectivity index (χ1n) is 9.96. The summed E-state index contributed by atoms with van der Waals surface area (Å²) < 4.78 is 10.6. The number of hydrogen-bond acceptors (Lipinski definition) is 7. The van der Waals surface area contributed by atoms with Gasteiger partial charge in [-0.1, -0.05) is 6.07 Å². The molecule has 0 spiro atoms. The van der Waals surface area contributed by atoms with E-state index in [1.165, 1.54) is 31.8 Å². The number of hydrogen-bond donors (Lipinski definition) is 4. The van der Waals surface area contributed by atoms with Crippen molar-refractivity contribution in [2.24, 2.45) is 0 Å². The summed E-state index contributed by atoms with van der Waals surface area (Å²) in [7, 11) is 1.47. The summed E-state index contributed by atoms with van der Waals surface area (Å²) >= 11 is 0. The standard InChI is InChI=1S/C23H24N4O6/c1-23(2,12-25-20(29)14-5-4-6-16(28)9-14)27-22(31)21(30)26-15-7-8-17(18(10-15)32-3)19-11-24-13-33-19/h4-11,13,28H,12H2,1-3H3,(H,25,29)(H,26,30)(H,27,31). The number of benzene rings is 2. The third kappa shape index (κ3) is 6.10. The topological polar surface area (TPSA) is 143 Å². The molecule has 33 heavy (non-hydrogen) atoms. The predicted octanol–water partition coefficient (Wildman–Crippen LogP) is 2.32. The minimum absolute atomic E-state index is 0.0302.